The van der Waals surface area contributed by atoms with Crippen LogP contribution >= 0.6 is 11.8 Å². The maximum Gasteiger partial charge on any atom is 0.127 e. The van der Waals surface area contributed by atoms with Gasteiger partial charge in [0.15, 0.2) is 0 Å². The van der Waals surface area contributed by atoms with Crippen LogP contribution in [0.3, 0.4) is 0 Å². The van der Waals surface area contributed by atoms with Gasteiger partial charge >= 0.3 is 0 Å². The van der Waals surface area contributed by atoms with E-state index < -0.39 is 0 Å². The molecule has 0 amide bonds. The van der Waals surface area contributed by atoms with Crippen molar-refractivity contribution in [3.63, 3.8) is 0 Å². The molecule has 2 aliphatic heterocycles. The zero-order valence-corrected chi connectivity index (χ0v) is 11.8. The quantitative estimate of drug-likeness (QED) is 0.901. The normalized spacial score (nSPS) is 23.7. The highest BCUT2D eigenvalue weighted by atomic mass is 32.2. The maximum absolute atomic E-state index is 5.87. The van der Waals surface area contributed by atoms with Crippen molar-refractivity contribution in [1.29, 1.82) is 0 Å². The number of nitrogens with one attached hydrogen (secondary N) is 1. The first-order valence-corrected chi connectivity index (χ1v) is 8.04. The standard InChI is InChI=1S/C15H21NOS/c1-2-16-14(13-7-4-10-18-13)12-6-3-5-11-8-9-17-15(11)12/h3,5-6,13-14,16H,2,4,7-10H2,1H3. The fourth-order valence-corrected chi connectivity index (χ4v) is 4.42. The predicted molar refractivity (Wildman–Crippen MR) is 77.5 cm³/mol. The lowest BCUT2D eigenvalue weighted by Crippen LogP contribution is -2.29. The molecule has 0 spiro atoms. The number of hydrogen-bond acceptors (Lipinski definition) is 3. The van der Waals surface area contributed by atoms with Crippen LogP contribution in [-0.2, 0) is 6.42 Å². The van der Waals surface area contributed by atoms with Gasteiger partial charge in [-0.05, 0) is 30.7 Å². The monoisotopic (exact) mass is 263 g/mol. The first kappa shape index (κ1) is 12.4. The molecule has 1 aromatic carbocycles. The molecule has 2 nitrogen and oxygen atoms in total. The van der Waals surface area contributed by atoms with Gasteiger partial charge in [-0.2, -0.15) is 11.8 Å². The van der Waals surface area contributed by atoms with Gasteiger partial charge in [0.25, 0.3) is 0 Å². The molecule has 1 saturated heterocycles. The van der Waals surface area contributed by atoms with Gasteiger partial charge in [-0.15, -0.1) is 0 Å². The number of thioether (sulfide) groups is 1. The third-order valence-electron chi connectivity index (χ3n) is 3.84. The molecule has 1 fully saturated rings. The Bertz CT molecular complexity index is 415. The van der Waals surface area contributed by atoms with E-state index in [2.05, 4.69) is 42.2 Å². The minimum absolute atomic E-state index is 0.454. The van der Waals surface area contributed by atoms with Crippen molar-refractivity contribution < 1.29 is 4.74 Å². The van der Waals surface area contributed by atoms with Crippen molar-refractivity contribution in [2.75, 3.05) is 18.9 Å². The van der Waals surface area contributed by atoms with Crippen molar-refractivity contribution in [3.8, 4) is 5.75 Å². The average Bonchev–Trinajstić information content (AvgIpc) is 3.06. The Balaban J connectivity index is 1.92. The molecule has 2 aliphatic rings. The van der Waals surface area contributed by atoms with Crippen LogP contribution in [-0.4, -0.2) is 24.2 Å². The van der Waals surface area contributed by atoms with E-state index in [4.69, 9.17) is 4.74 Å². The Kier molecular flexibility index (Phi) is 3.80. The summed E-state index contributed by atoms with van der Waals surface area (Å²) in [5.74, 6) is 2.47. The molecule has 0 aliphatic carbocycles. The van der Waals surface area contributed by atoms with Crippen molar-refractivity contribution in [3.05, 3.63) is 29.3 Å². The summed E-state index contributed by atoms with van der Waals surface area (Å²) in [4.78, 5) is 0. The highest BCUT2D eigenvalue weighted by Crippen LogP contribution is 2.41. The molecule has 3 rings (SSSR count). The Morgan fingerprint density at radius 3 is 3.22 bits per heavy atom. The molecule has 1 N–H and O–H groups in total. The van der Waals surface area contributed by atoms with Crippen LogP contribution in [0.1, 0.15) is 36.9 Å². The Morgan fingerprint density at radius 1 is 1.50 bits per heavy atom. The van der Waals surface area contributed by atoms with Gasteiger partial charge in [0.05, 0.1) is 6.61 Å². The topological polar surface area (TPSA) is 21.3 Å². The van der Waals surface area contributed by atoms with E-state index in [0.717, 1.165) is 25.3 Å². The molecule has 0 saturated carbocycles. The minimum Gasteiger partial charge on any atom is -0.493 e. The molecule has 2 atom stereocenters. The first-order chi connectivity index (χ1) is 8.90. The van der Waals surface area contributed by atoms with Crippen LogP contribution < -0.4 is 10.1 Å². The van der Waals surface area contributed by atoms with E-state index in [1.165, 1.54) is 29.7 Å². The lowest BCUT2D eigenvalue weighted by Gasteiger charge is -2.25. The van der Waals surface area contributed by atoms with Gasteiger partial charge in [-0.3, -0.25) is 0 Å². The van der Waals surface area contributed by atoms with Crippen LogP contribution in [0.15, 0.2) is 18.2 Å². The summed E-state index contributed by atoms with van der Waals surface area (Å²) in [7, 11) is 0. The Labute approximate surface area is 113 Å². The van der Waals surface area contributed by atoms with Crippen molar-refractivity contribution in [1.82, 2.24) is 5.32 Å². The molecule has 3 heteroatoms. The highest BCUT2D eigenvalue weighted by Gasteiger charge is 2.30. The summed E-state index contributed by atoms with van der Waals surface area (Å²) in [5.41, 5.74) is 2.77. The molecule has 0 bridgehead atoms. The van der Waals surface area contributed by atoms with E-state index >= 15 is 0 Å². The number of para-hydroxylation sites is 1. The third-order valence-corrected chi connectivity index (χ3v) is 5.30. The van der Waals surface area contributed by atoms with Gasteiger partial charge in [0.1, 0.15) is 5.75 Å². The fourth-order valence-electron chi connectivity index (χ4n) is 3.01. The molecule has 2 unspecified atom stereocenters. The largest absolute Gasteiger partial charge is 0.493 e. The molecule has 18 heavy (non-hydrogen) atoms. The summed E-state index contributed by atoms with van der Waals surface area (Å²) in [6, 6.07) is 7.09. The predicted octanol–water partition coefficient (Wildman–Crippen LogP) is 3.17. The molecule has 98 valence electrons. The number of ether oxygens (including phenoxy) is 1. The zero-order chi connectivity index (χ0) is 12.4. The first-order valence-electron chi connectivity index (χ1n) is 6.99. The maximum atomic E-state index is 5.87. The molecular weight excluding hydrogens is 242 g/mol. The second-order valence-corrected chi connectivity index (χ2v) is 6.37. The second kappa shape index (κ2) is 5.54. The van der Waals surface area contributed by atoms with E-state index in [1.807, 2.05) is 0 Å². The summed E-state index contributed by atoms with van der Waals surface area (Å²) in [6.45, 7) is 4.06. The number of hydrogen-bond donors (Lipinski definition) is 1. The summed E-state index contributed by atoms with van der Waals surface area (Å²) < 4.78 is 5.87. The average molecular weight is 263 g/mol. The van der Waals surface area contributed by atoms with Crippen LogP contribution in [0, 0.1) is 0 Å². The molecular formula is C15H21NOS. The van der Waals surface area contributed by atoms with Gasteiger partial charge in [-0.1, -0.05) is 25.1 Å². The summed E-state index contributed by atoms with van der Waals surface area (Å²) >= 11 is 2.11. The van der Waals surface area contributed by atoms with Crippen LogP contribution in [0.25, 0.3) is 0 Å². The van der Waals surface area contributed by atoms with Crippen LogP contribution in [0.4, 0.5) is 0 Å². The Morgan fingerprint density at radius 2 is 2.44 bits per heavy atom. The van der Waals surface area contributed by atoms with E-state index in [9.17, 15) is 0 Å². The minimum atomic E-state index is 0.454. The highest BCUT2D eigenvalue weighted by molar-refractivity contribution is 8.00. The summed E-state index contributed by atoms with van der Waals surface area (Å²) in [6.07, 6.45) is 3.75. The van der Waals surface area contributed by atoms with Gasteiger partial charge in [-0.25, -0.2) is 0 Å². The zero-order valence-electron chi connectivity index (χ0n) is 10.9. The van der Waals surface area contributed by atoms with Crippen molar-refractivity contribution in [2.45, 2.75) is 37.5 Å². The van der Waals surface area contributed by atoms with E-state index in [1.54, 1.807) is 0 Å². The lowest BCUT2D eigenvalue weighted by atomic mass is 9.97. The van der Waals surface area contributed by atoms with Crippen LogP contribution in [0.2, 0.25) is 0 Å². The van der Waals surface area contributed by atoms with Crippen molar-refractivity contribution in [2.24, 2.45) is 0 Å². The number of rotatable bonds is 4. The number of benzene rings is 1. The lowest BCUT2D eigenvalue weighted by molar-refractivity contribution is 0.347. The smallest absolute Gasteiger partial charge is 0.127 e. The SMILES string of the molecule is CCNC(c1cccc2c1OCC2)C1CCCS1. The van der Waals surface area contributed by atoms with E-state index in [0.29, 0.717) is 11.3 Å². The van der Waals surface area contributed by atoms with Crippen molar-refractivity contribution >= 4 is 11.8 Å². The summed E-state index contributed by atoms with van der Waals surface area (Å²) in [5, 5.41) is 4.38. The third kappa shape index (κ3) is 2.26. The molecule has 1 aromatic rings. The van der Waals surface area contributed by atoms with E-state index in [-0.39, 0.29) is 0 Å². The Hall–Kier alpha value is -0.670. The van der Waals surface area contributed by atoms with Gasteiger partial charge in [0.2, 0.25) is 0 Å². The molecule has 2 heterocycles. The van der Waals surface area contributed by atoms with Gasteiger partial charge in [0, 0.05) is 23.3 Å². The molecule has 0 radical (unpaired) electrons. The molecule has 0 aromatic heterocycles. The van der Waals surface area contributed by atoms with Crippen LogP contribution in [0.5, 0.6) is 5.75 Å². The van der Waals surface area contributed by atoms with Gasteiger partial charge < -0.3 is 10.1 Å². The second-order valence-electron chi connectivity index (χ2n) is 5.02. The number of fused-ring (bicyclic) bond motifs is 1. The fraction of sp³-hybridized carbons (Fsp3) is 0.600.